The van der Waals surface area contributed by atoms with Crippen LogP contribution in [0.15, 0.2) is 29.2 Å². The molecule has 0 spiro atoms. The van der Waals surface area contributed by atoms with Gasteiger partial charge < -0.3 is 10.6 Å². The summed E-state index contributed by atoms with van der Waals surface area (Å²) in [4.78, 5) is 36.0. The summed E-state index contributed by atoms with van der Waals surface area (Å²) in [6.45, 7) is 1.71. The Morgan fingerprint density at radius 3 is 2.52 bits per heavy atom. The molecule has 1 aromatic rings. The smallest absolute Gasteiger partial charge is 0.321 e. The van der Waals surface area contributed by atoms with Gasteiger partial charge in [0.25, 0.3) is 0 Å². The van der Waals surface area contributed by atoms with Crippen molar-refractivity contribution in [2.24, 2.45) is 5.92 Å². The van der Waals surface area contributed by atoms with Crippen LogP contribution in [0.2, 0.25) is 0 Å². The van der Waals surface area contributed by atoms with Gasteiger partial charge in [0.05, 0.1) is 5.92 Å². The van der Waals surface area contributed by atoms with Crippen molar-refractivity contribution >= 4 is 35.3 Å². The lowest BCUT2D eigenvalue weighted by Crippen LogP contribution is -2.57. The van der Waals surface area contributed by atoms with E-state index in [0.717, 1.165) is 4.90 Å². The number of hydrogen-bond acceptors (Lipinski definition) is 4. The Morgan fingerprint density at radius 1 is 1.29 bits per heavy atom. The van der Waals surface area contributed by atoms with Crippen LogP contribution in [0.5, 0.6) is 0 Å². The van der Waals surface area contributed by atoms with Crippen LogP contribution in [-0.4, -0.2) is 30.1 Å². The van der Waals surface area contributed by atoms with Gasteiger partial charge in [0.2, 0.25) is 11.8 Å². The summed E-state index contributed by atoms with van der Waals surface area (Å²) in [7, 11) is 0. The van der Waals surface area contributed by atoms with Crippen LogP contribution >= 0.6 is 11.8 Å². The number of anilines is 1. The van der Waals surface area contributed by atoms with Crippen LogP contribution < -0.4 is 16.0 Å². The van der Waals surface area contributed by atoms with E-state index in [0.29, 0.717) is 5.69 Å². The lowest BCUT2D eigenvalue weighted by Gasteiger charge is -2.28. The van der Waals surface area contributed by atoms with Gasteiger partial charge in [-0.2, -0.15) is 0 Å². The molecule has 7 heteroatoms. The molecule has 0 saturated carbocycles. The van der Waals surface area contributed by atoms with Gasteiger partial charge in [-0.15, -0.1) is 11.8 Å². The van der Waals surface area contributed by atoms with Crippen molar-refractivity contribution < 1.29 is 14.4 Å². The fraction of sp³-hybridized carbons (Fsp3) is 0.357. The van der Waals surface area contributed by atoms with E-state index in [1.54, 1.807) is 18.7 Å². The molecule has 0 radical (unpaired) electrons. The summed E-state index contributed by atoms with van der Waals surface area (Å²) in [5, 5.41) is 7.51. The molecular weight excluding hydrogens is 290 g/mol. The van der Waals surface area contributed by atoms with Gasteiger partial charge in [0.15, 0.2) is 0 Å². The molecule has 0 aliphatic carbocycles. The van der Waals surface area contributed by atoms with Gasteiger partial charge in [-0.25, -0.2) is 4.79 Å². The number of nitrogens with one attached hydrogen (secondary N) is 3. The second kappa shape index (κ2) is 6.62. The van der Waals surface area contributed by atoms with E-state index < -0.39 is 17.9 Å². The lowest BCUT2D eigenvalue weighted by molar-refractivity contribution is -0.129. The van der Waals surface area contributed by atoms with Crippen LogP contribution in [0.3, 0.4) is 0 Å². The van der Waals surface area contributed by atoms with Crippen molar-refractivity contribution in [3.63, 3.8) is 0 Å². The Labute approximate surface area is 127 Å². The highest BCUT2D eigenvalue weighted by Gasteiger charge is 2.33. The third-order valence-corrected chi connectivity index (χ3v) is 4.06. The van der Waals surface area contributed by atoms with Gasteiger partial charge >= 0.3 is 6.03 Å². The average molecular weight is 307 g/mol. The topological polar surface area (TPSA) is 87.3 Å². The number of carbonyl (C=O) groups excluding carboxylic acids is 3. The second-order valence-corrected chi connectivity index (χ2v) is 5.72. The highest BCUT2D eigenvalue weighted by molar-refractivity contribution is 7.98. The first-order valence-electron chi connectivity index (χ1n) is 6.55. The van der Waals surface area contributed by atoms with Crippen LogP contribution in [0.25, 0.3) is 0 Å². The summed E-state index contributed by atoms with van der Waals surface area (Å²) in [5.74, 6) is -1.23. The normalized spacial score (nSPS) is 21.4. The first-order valence-corrected chi connectivity index (χ1v) is 7.77. The maximum absolute atomic E-state index is 12.0. The van der Waals surface area contributed by atoms with Gasteiger partial charge in [0, 0.05) is 23.0 Å². The zero-order valence-electron chi connectivity index (χ0n) is 11.8. The van der Waals surface area contributed by atoms with E-state index in [1.165, 1.54) is 0 Å². The SMILES string of the molecule is CSc1ccc(NC(=O)CC2C(=O)NC(=O)NC2C)cc1. The fourth-order valence-electron chi connectivity index (χ4n) is 2.13. The molecule has 3 N–H and O–H groups in total. The van der Waals surface area contributed by atoms with E-state index in [4.69, 9.17) is 0 Å². The molecule has 112 valence electrons. The zero-order valence-corrected chi connectivity index (χ0v) is 12.6. The second-order valence-electron chi connectivity index (χ2n) is 4.84. The molecular formula is C14H17N3O3S. The predicted octanol–water partition coefficient (Wildman–Crippen LogP) is 1.58. The number of amides is 4. The third kappa shape index (κ3) is 3.98. The van der Waals surface area contributed by atoms with E-state index >= 15 is 0 Å². The summed E-state index contributed by atoms with van der Waals surface area (Å²) < 4.78 is 0. The molecule has 1 heterocycles. The molecule has 1 saturated heterocycles. The Balaban J connectivity index is 1.94. The zero-order chi connectivity index (χ0) is 15.4. The Morgan fingerprint density at radius 2 is 1.95 bits per heavy atom. The van der Waals surface area contributed by atoms with Gasteiger partial charge in [-0.3, -0.25) is 14.9 Å². The maximum Gasteiger partial charge on any atom is 0.321 e. The summed E-state index contributed by atoms with van der Waals surface area (Å²) in [5.41, 5.74) is 0.686. The molecule has 4 amide bonds. The summed E-state index contributed by atoms with van der Waals surface area (Å²) in [6, 6.07) is 6.58. The van der Waals surface area contributed by atoms with Crippen molar-refractivity contribution in [3.8, 4) is 0 Å². The minimum atomic E-state index is -0.562. The van der Waals surface area contributed by atoms with E-state index in [1.807, 2.05) is 30.5 Å². The van der Waals surface area contributed by atoms with Gasteiger partial charge in [-0.05, 0) is 37.4 Å². The molecule has 1 fully saturated rings. The minimum Gasteiger partial charge on any atom is -0.335 e. The minimum absolute atomic E-state index is 0.0254. The Kier molecular flexibility index (Phi) is 4.85. The van der Waals surface area contributed by atoms with E-state index in [2.05, 4.69) is 16.0 Å². The third-order valence-electron chi connectivity index (χ3n) is 3.31. The number of rotatable bonds is 4. The van der Waals surface area contributed by atoms with Crippen LogP contribution in [0.4, 0.5) is 10.5 Å². The first-order chi connectivity index (χ1) is 9.99. The van der Waals surface area contributed by atoms with Crippen molar-refractivity contribution in [2.45, 2.75) is 24.3 Å². The summed E-state index contributed by atoms with van der Waals surface area (Å²) in [6.07, 6.45) is 2.00. The van der Waals surface area contributed by atoms with E-state index in [-0.39, 0.29) is 18.4 Å². The largest absolute Gasteiger partial charge is 0.335 e. The number of urea groups is 1. The number of benzene rings is 1. The molecule has 21 heavy (non-hydrogen) atoms. The van der Waals surface area contributed by atoms with Crippen LogP contribution in [0, 0.1) is 5.92 Å². The standard InChI is InChI=1S/C14H17N3O3S/c1-8-11(13(19)17-14(20)15-8)7-12(18)16-9-3-5-10(21-2)6-4-9/h3-6,8,11H,7H2,1-2H3,(H,16,18)(H2,15,17,19,20). The van der Waals surface area contributed by atoms with Crippen LogP contribution in [-0.2, 0) is 9.59 Å². The number of carbonyl (C=O) groups is 3. The average Bonchev–Trinajstić information content (AvgIpc) is 2.43. The molecule has 1 aliphatic heterocycles. The molecule has 2 rings (SSSR count). The van der Waals surface area contributed by atoms with Gasteiger partial charge in [-0.1, -0.05) is 0 Å². The Hall–Kier alpha value is -2.02. The molecule has 2 unspecified atom stereocenters. The molecule has 1 aliphatic rings. The van der Waals surface area contributed by atoms with Crippen molar-refractivity contribution in [2.75, 3.05) is 11.6 Å². The number of imide groups is 1. The maximum atomic E-state index is 12.0. The van der Waals surface area contributed by atoms with Gasteiger partial charge in [0.1, 0.15) is 0 Å². The van der Waals surface area contributed by atoms with Crippen molar-refractivity contribution in [1.29, 1.82) is 0 Å². The lowest BCUT2D eigenvalue weighted by atomic mass is 9.94. The predicted molar refractivity (Wildman–Crippen MR) is 81.1 cm³/mol. The molecule has 1 aromatic carbocycles. The Bertz CT molecular complexity index is 559. The fourth-order valence-corrected chi connectivity index (χ4v) is 2.54. The molecule has 6 nitrogen and oxygen atoms in total. The molecule has 0 aromatic heterocycles. The highest BCUT2D eigenvalue weighted by atomic mass is 32.2. The number of thioether (sulfide) groups is 1. The first kappa shape index (κ1) is 15.4. The molecule has 0 bridgehead atoms. The quantitative estimate of drug-likeness (QED) is 0.737. The highest BCUT2D eigenvalue weighted by Crippen LogP contribution is 2.19. The van der Waals surface area contributed by atoms with Crippen molar-refractivity contribution in [3.05, 3.63) is 24.3 Å². The van der Waals surface area contributed by atoms with Crippen LogP contribution in [0.1, 0.15) is 13.3 Å². The number of hydrogen-bond donors (Lipinski definition) is 3. The van der Waals surface area contributed by atoms with Crippen molar-refractivity contribution in [1.82, 2.24) is 10.6 Å². The monoisotopic (exact) mass is 307 g/mol. The van der Waals surface area contributed by atoms with E-state index in [9.17, 15) is 14.4 Å². The summed E-state index contributed by atoms with van der Waals surface area (Å²) >= 11 is 1.62. The molecule has 2 atom stereocenters.